The fraction of sp³-hybridized carbons (Fsp3) is 0.458. The second-order valence-electron chi connectivity index (χ2n) is 8.27. The molecule has 1 amide bonds. The van der Waals surface area contributed by atoms with E-state index >= 15 is 0 Å². The normalized spacial score (nSPS) is 15.4. The summed E-state index contributed by atoms with van der Waals surface area (Å²) in [6.45, 7) is 3.71. The number of methoxy groups -OCH3 is 1. The number of anilines is 1. The van der Waals surface area contributed by atoms with Crippen LogP contribution in [0, 0.1) is 0 Å². The van der Waals surface area contributed by atoms with E-state index in [1.807, 2.05) is 13.0 Å². The van der Waals surface area contributed by atoms with Crippen LogP contribution in [-0.2, 0) is 27.7 Å². The molecule has 0 unspecified atom stereocenters. The maximum atomic E-state index is 13.2. The molecule has 1 aliphatic rings. The van der Waals surface area contributed by atoms with Gasteiger partial charge in [0.25, 0.3) is 0 Å². The SMILES string of the molecule is CC[C@H](C(=O)N[C@H](C)c1ccc2c(c1)CCCC2)N(c1ccc(OC)c(Cl)c1)S(C)(=O)=O. The third-order valence-electron chi connectivity index (χ3n) is 5.95. The molecule has 2 aromatic rings. The molecular weight excluding hydrogens is 448 g/mol. The molecule has 32 heavy (non-hydrogen) atoms. The van der Waals surface area contributed by atoms with Gasteiger partial charge in [-0.1, -0.05) is 36.7 Å². The van der Waals surface area contributed by atoms with Gasteiger partial charge in [0.2, 0.25) is 15.9 Å². The number of hydrogen-bond acceptors (Lipinski definition) is 4. The Morgan fingerprint density at radius 1 is 1.16 bits per heavy atom. The van der Waals surface area contributed by atoms with E-state index in [1.54, 1.807) is 19.1 Å². The summed E-state index contributed by atoms with van der Waals surface area (Å²) < 4.78 is 31.7. The van der Waals surface area contributed by atoms with Crippen LogP contribution in [0.25, 0.3) is 0 Å². The summed E-state index contributed by atoms with van der Waals surface area (Å²) in [4.78, 5) is 13.2. The first-order valence-electron chi connectivity index (χ1n) is 10.9. The Bertz CT molecular complexity index is 1090. The minimum atomic E-state index is -3.75. The van der Waals surface area contributed by atoms with E-state index in [2.05, 4.69) is 17.4 Å². The molecule has 0 saturated carbocycles. The van der Waals surface area contributed by atoms with Crippen molar-refractivity contribution in [2.45, 2.75) is 58.0 Å². The highest BCUT2D eigenvalue weighted by molar-refractivity contribution is 7.92. The van der Waals surface area contributed by atoms with Gasteiger partial charge in [-0.3, -0.25) is 9.10 Å². The van der Waals surface area contributed by atoms with Gasteiger partial charge in [-0.15, -0.1) is 0 Å². The predicted octanol–water partition coefficient (Wildman–Crippen LogP) is 4.65. The Morgan fingerprint density at radius 3 is 2.44 bits per heavy atom. The topological polar surface area (TPSA) is 75.7 Å². The number of nitrogens with zero attached hydrogens (tertiary/aromatic N) is 1. The van der Waals surface area contributed by atoms with Crippen molar-refractivity contribution in [3.05, 3.63) is 58.1 Å². The predicted molar refractivity (Wildman–Crippen MR) is 129 cm³/mol. The van der Waals surface area contributed by atoms with Gasteiger partial charge >= 0.3 is 0 Å². The maximum absolute atomic E-state index is 13.2. The first-order chi connectivity index (χ1) is 15.2. The van der Waals surface area contributed by atoms with Gasteiger partial charge in [0, 0.05) is 0 Å². The Kier molecular flexibility index (Phi) is 7.72. The number of fused-ring (bicyclic) bond motifs is 1. The highest BCUT2D eigenvalue weighted by Gasteiger charge is 2.32. The second kappa shape index (κ2) is 10.1. The number of carbonyl (C=O) groups is 1. The highest BCUT2D eigenvalue weighted by atomic mass is 35.5. The number of sulfonamides is 1. The van der Waals surface area contributed by atoms with Crippen molar-refractivity contribution in [2.24, 2.45) is 0 Å². The zero-order valence-corrected chi connectivity index (χ0v) is 20.6. The average Bonchev–Trinajstić information content (AvgIpc) is 2.75. The molecule has 0 bridgehead atoms. The highest BCUT2D eigenvalue weighted by Crippen LogP contribution is 2.32. The number of ether oxygens (including phenoxy) is 1. The monoisotopic (exact) mass is 478 g/mol. The summed E-state index contributed by atoms with van der Waals surface area (Å²) in [6, 6.07) is 9.89. The van der Waals surface area contributed by atoms with Crippen LogP contribution in [0.2, 0.25) is 5.02 Å². The number of rotatable bonds is 8. The Hall–Kier alpha value is -2.25. The lowest BCUT2D eigenvalue weighted by Crippen LogP contribution is -2.49. The Labute approximate surface area is 196 Å². The summed E-state index contributed by atoms with van der Waals surface area (Å²) in [5.41, 5.74) is 4.06. The van der Waals surface area contributed by atoms with E-state index < -0.39 is 16.1 Å². The van der Waals surface area contributed by atoms with Crippen molar-refractivity contribution in [3.8, 4) is 5.75 Å². The largest absolute Gasteiger partial charge is 0.495 e. The molecule has 0 spiro atoms. The first-order valence-corrected chi connectivity index (χ1v) is 13.1. The van der Waals surface area contributed by atoms with Gasteiger partial charge < -0.3 is 10.1 Å². The van der Waals surface area contributed by atoms with Crippen LogP contribution in [0.15, 0.2) is 36.4 Å². The molecule has 8 heteroatoms. The summed E-state index contributed by atoms with van der Waals surface area (Å²) in [5, 5.41) is 3.29. The van der Waals surface area contributed by atoms with Gasteiger partial charge in [-0.25, -0.2) is 8.42 Å². The van der Waals surface area contributed by atoms with Crippen LogP contribution in [0.4, 0.5) is 5.69 Å². The molecule has 0 saturated heterocycles. The van der Waals surface area contributed by atoms with Crippen molar-refractivity contribution in [1.82, 2.24) is 5.32 Å². The van der Waals surface area contributed by atoms with Crippen LogP contribution in [0.1, 0.15) is 55.8 Å². The van der Waals surface area contributed by atoms with Crippen molar-refractivity contribution in [2.75, 3.05) is 17.7 Å². The summed E-state index contributed by atoms with van der Waals surface area (Å²) >= 11 is 6.23. The standard InChI is InChI=1S/C24H31ClN2O4S/c1-5-22(27(32(4,29)30)20-12-13-23(31-3)21(25)15-20)24(28)26-16(2)18-11-10-17-8-6-7-9-19(17)14-18/h10-16,22H,5-9H2,1-4H3,(H,26,28)/t16-,22-/m1/s1. The molecule has 0 heterocycles. The fourth-order valence-corrected chi connectivity index (χ4v) is 5.72. The number of amides is 1. The molecule has 0 aliphatic heterocycles. The van der Waals surface area contributed by atoms with E-state index in [9.17, 15) is 13.2 Å². The lowest BCUT2D eigenvalue weighted by Gasteiger charge is -2.31. The summed E-state index contributed by atoms with van der Waals surface area (Å²) in [7, 11) is -2.26. The van der Waals surface area contributed by atoms with Crippen molar-refractivity contribution < 1.29 is 17.9 Å². The number of carbonyl (C=O) groups excluding carboxylic acids is 1. The fourth-order valence-electron chi connectivity index (χ4n) is 4.27. The van der Waals surface area contributed by atoms with Crippen molar-refractivity contribution >= 4 is 33.2 Å². The van der Waals surface area contributed by atoms with Crippen LogP contribution >= 0.6 is 11.6 Å². The van der Waals surface area contributed by atoms with E-state index in [4.69, 9.17) is 16.3 Å². The molecule has 2 aromatic carbocycles. The smallest absolute Gasteiger partial charge is 0.244 e. The van der Waals surface area contributed by atoms with Gasteiger partial charge in [0.1, 0.15) is 11.8 Å². The van der Waals surface area contributed by atoms with Crippen LogP contribution in [-0.4, -0.2) is 33.7 Å². The lowest BCUT2D eigenvalue weighted by atomic mass is 9.89. The summed E-state index contributed by atoms with van der Waals surface area (Å²) in [5.74, 6) is 0.0810. The number of nitrogens with one attached hydrogen (secondary N) is 1. The third-order valence-corrected chi connectivity index (χ3v) is 7.43. The van der Waals surface area contributed by atoms with Crippen LogP contribution < -0.4 is 14.4 Å². The molecular formula is C24H31ClN2O4S. The Morgan fingerprint density at radius 2 is 1.84 bits per heavy atom. The Balaban J connectivity index is 1.85. The molecule has 0 radical (unpaired) electrons. The van der Waals surface area contributed by atoms with E-state index in [1.165, 1.54) is 37.1 Å². The molecule has 0 aromatic heterocycles. The number of benzene rings is 2. The molecule has 3 rings (SSSR count). The van der Waals surface area contributed by atoms with Crippen molar-refractivity contribution in [1.29, 1.82) is 0 Å². The minimum absolute atomic E-state index is 0.246. The molecule has 2 atom stereocenters. The van der Waals surface area contributed by atoms with Crippen LogP contribution in [0.5, 0.6) is 5.75 Å². The number of hydrogen-bond donors (Lipinski definition) is 1. The van der Waals surface area contributed by atoms with E-state index in [-0.39, 0.29) is 17.0 Å². The quantitative estimate of drug-likeness (QED) is 0.599. The molecule has 1 N–H and O–H groups in total. The maximum Gasteiger partial charge on any atom is 0.244 e. The van der Waals surface area contributed by atoms with E-state index in [0.29, 0.717) is 17.9 Å². The average molecular weight is 479 g/mol. The zero-order valence-electron chi connectivity index (χ0n) is 19.0. The first kappa shape index (κ1) is 24.4. The lowest BCUT2D eigenvalue weighted by molar-refractivity contribution is -0.122. The molecule has 6 nitrogen and oxygen atoms in total. The van der Waals surface area contributed by atoms with Crippen molar-refractivity contribution in [3.63, 3.8) is 0 Å². The summed E-state index contributed by atoms with van der Waals surface area (Å²) in [6.07, 6.45) is 5.95. The van der Waals surface area contributed by atoms with Gasteiger partial charge in [0.05, 0.1) is 30.1 Å². The number of halogens is 1. The third kappa shape index (κ3) is 5.38. The minimum Gasteiger partial charge on any atom is -0.495 e. The van der Waals surface area contributed by atoms with Gasteiger partial charge in [-0.2, -0.15) is 0 Å². The molecule has 174 valence electrons. The zero-order chi connectivity index (χ0) is 23.5. The van der Waals surface area contributed by atoms with E-state index in [0.717, 1.165) is 29.0 Å². The molecule has 0 fully saturated rings. The van der Waals surface area contributed by atoms with Gasteiger partial charge in [-0.05, 0) is 73.9 Å². The van der Waals surface area contributed by atoms with Gasteiger partial charge in [0.15, 0.2) is 0 Å². The molecule has 1 aliphatic carbocycles. The number of aryl methyl sites for hydroxylation is 2. The van der Waals surface area contributed by atoms with Crippen LogP contribution in [0.3, 0.4) is 0 Å². The second-order valence-corrected chi connectivity index (χ2v) is 10.5.